The number of carbonyl (C=O) groups is 2. The van der Waals surface area contributed by atoms with Crippen LogP contribution >= 0.6 is 0 Å². The van der Waals surface area contributed by atoms with E-state index in [1.54, 1.807) is 19.4 Å². The minimum atomic E-state index is -1.08. The number of carbonyl (C=O) groups excluding carboxylic acids is 1. The van der Waals surface area contributed by atoms with Crippen molar-refractivity contribution in [3.63, 3.8) is 0 Å². The predicted octanol–water partition coefficient (Wildman–Crippen LogP) is 4.03. The number of hydrogen-bond acceptors (Lipinski definition) is 4. The Labute approximate surface area is 168 Å². The Morgan fingerprint density at radius 3 is 2.62 bits per heavy atom. The number of ether oxygens (including phenoxy) is 2. The summed E-state index contributed by atoms with van der Waals surface area (Å²) in [5.41, 5.74) is 1.80. The molecule has 7 heteroatoms. The smallest absolute Gasteiger partial charge is 0.335 e. The number of benzene rings is 2. The van der Waals surface area contributed by atoms with E-state index >= 15 is 0 Å². The van der Waals surface area contributed by atoms with Crippen molar-refractivity contribution >= 4 is 28.5 Å². The van der Waals surface area contributed by atoms with Crippen LogP contribution in [0, 0.1) is 0 Å². The van der Waals surface area contributed by atoms with E-state index in [0.717, 1.165) is 10.9 Å². The van der Waals surface area contributed by atoms with E-state index in [2.05, 4.69) is 5.32 Å². The molecule has 0 radical (unpaired) electrons. The molecular formula is C22H24N2O5. The Morgan fingerprint density at radius 1 is 1.17 bits per heavy atom. The molecule has 3 rings (SSSR count). The minimum Gasteiger partial charge on any atom is -0.489 e. The molecule has 29 heavy (non-hydrogen) atoms. The van der Waals surface area contributed by atoms with Crippen LogP contribution in [0.2, 0.25) is 0 Å². The maximum Gasteiger partial charge on any atom is 0.335 e. The number of para-hydroxylation sites is 1. The van der Waals surface area contributed by atoms with Gasteiger partial charge in [0.05, 0.1) is 29.5 Å². The maximum absolute atomic E-state index is 13.1. The normalized spacial score (nSPS) is 11.0. The molecule has 3 aromatic rings. The number of amides is 1. The van der Waals surface area contributed by atoms with Gasteiger partial charge in [0, 0.05) is 30.8 Å². The second kappa shape index (κ2) is 8.79. The number of anilines is 1. The molecule has 2 aromatic carbocycles. The van der Waals surface area contributed by atoms with Crippen molar-refractivity contribution in [2.45, 2.75) is 26.5 Å². The third kappa shape index (κ3) is 4.57. The van der Waals surface area contributed by atoms with Crippen LogP contribution in [0.15, 0.2) is 48.7 Å². The van der Waals surface area contributed by atoms with E-state index in [4.69, 9.17) is 9.47 Å². The number of aromatic nitrogens is 1. The fourth-order valence-corrected chi connectivity index (χ4v) is 3.11. The summed E-state index contributed by atoms with van der Waals surface area (Å²) in [7, 11) is 1.63. The first-order chi connectivity index (χ1) is 13.9. The molecule has 2 N–H and O–H groups in total. The number of nitrogens with one attached hydrogen (secondary N) is 1. The SMILES string of the molecule is COCCn1cc(C(=O)Nc2cc(C(=O)O)ccc2OC(C)C)c2ccccc21. The fourth-order valence-electron chi connectivity index (χ4n) is 3.11. The van der Waals surface area contributed by atoms with Gasteiger partial charge in [-0.25, -0.2) is 4.79 Å². The lowest BCUT2D eigenvalue weighted by molar-refractivity contribution is 0.0696. The topological polar surface area (TPSA) is 89.8 Å². The van der Waals surface area contributed by atoms with Crippen LogP contribution in [0.3, 0.4) is 0 Å². The van der Waals surface area contributed by atoms with Crippen molar-refractivity contribution < 1.29 is 24.2 Å². The number of carboxylic acids is 1. The lowest BCUT2D eigenvalue weighted by Crippen LogP contribution is -2.15. The molecule has 0 aliphatic carbocycles. The van der Waals surface area contributed by atoms with Crippen molar-refractivity contribution in [1.29, 1.82) is 0 Å². The average Bonchev–Trinajstić information content (AvgIpc) is 3.06. The van der Waals surface area contributed by atoms with Crippen molar-refractivity contribution in [2.24, 2.45) is 0 Å². The van der Waals surface area contributed by atoms with Gasteiger partial charge in [0.2, 0.25) is 0 Å². The second-order valence-electron chi connectivity index (χ2n) is 6.88. The average molecular weight is 396 g/mol. The summed E-state index contributed by atoms with van der Waals surface area (Å²) in [6.07, 6.45) is 1.65. The van der Waals surface area contributed by atoms with Crippen LogP contribution in [-0.4, -0.2) is 41.4 Å². The Bertz CT molecular complexity index is 1040. The van der Waals surface area contributed by atoms with Gasteiger partial charge in [-0.1, -0.05) is 18.2 Å². The number of rotatable bonds is 8. The fraction of sp³-hybridized carbons (Fsp3) is 0.273. The Morgan fingerprint density at radius 2 is 1.93 bits per heavy atom. The van der Waals surface area contributed by atoms with Gasteiger partial charge in [-0.05, 0) is 38.1 Å². The zero-order chi connectivity index (χ0) is 21.0. The van der Waals surface area contributed by atoms with Crippen molar-refractivity contribution in [3.05, 3.63) is 59.8 Å². The molecule has 0 fully saturated rings. The molecule has 0 bridgehead atoms. The van der Waals surface area contributed by atoms with Crippen molar-refractivity contribution in [3.8, 4) is 5.75 Å². The predicted molar refractivity (Wildman–Crippen MR) is 111 cm³/mol. The Hall–Kier alpha value is -3.32. The highest BCUT2D eigenvalue weighted by Gasteiger charge is 2.18. The molecule has 152 valence electrons. The molecule has 0 aliphatic rings. The third-order valence-electron chi connectivity index (χ3n) is 4.41. The number of carboxylic acid groups (broad SMARTS) is 1. The maximum atomic E-state index is 13.1. The molecule has 0 saturated heterocycles. The number of nitrogens with zero attached hydrogens (tertiary/aromatic N) is 1. The van der Waals surface area contributed by atoms with Crippen LogP contribution in [0.4, 0.5) is 5.69 Å². The Balaban J connectivity index is 1.98. The van der Waals surface area contributed by atoms with E-state index in [9.17, 15) is 14.7 Å². The molecule has 0 unspecified atom stereocenters. The molecule has 1 amide bonds. The highest BCUT2D eigenvalue weighted by atomic mass is 16.5. The molecule has 0 aliphatic heterocycles. The van der Waals surface area contributed by atoms with Crippen LogP contribution in [0.5, 0.6) is 5.75 Å². The molecule has 1 heterocycles. The summed E-state index contributed by atoms with van der Waals surface area (Å²) >= 11 is 0. The summed E-state index contributed by atoms with van der Waals surface area (Å²) in [4.78, 5) is 24.4. The number of fused-ring (bicyclic) bond motifs is 1. The van der Waals surface area contributed by atoms with Crippen LogP contribution in [-0.2, 0) is 11.3 Å². The summed E-state index contributed by atoms with van der Waals surface area (Å²) in [5.74, 6) is -0.997. The first-order valence-electron chi connectivity index (χ1n) is 9.33. The zero-order valence-electron chi connectivity index (χ0n) is 16.6. The Kier molecular flexibility index (Phi) is 6.19. The highest BCUT2D eigenvalue weighted by Crippen LogP contribution is 2.29. The lowest BCUT2D eigenvalue weighted by Gasteiger charge is -2.15. The van der Waals surface area contributed by atoms with Gasteiger partial charge in [0.15, 0.2) is 0 Å². The first-order valence-corrected chi connectivity index (χ1v) is 9.33. The van der Waals surface area contributed by atoms with Gasteiger partial charge < -0.3 is 24.5 Å². The zero-order valence-corrected chi connectivity index (χ0v) is 16.6. The standard InChI is InChI=1S/C22H24N2O5/c1-14(2)29-20-9-8-15(22(26)27)12-18(20)23-21(25)17-13-24(10-11-28-3)19-7-5-4-6-16(17)19/h4-9,12-14H,10-11H2,1-3H3,(H,23,25)(H,26,27). The van der Waals surface area contributed by atoms with E-state index in [1.165, 1.54) is 12.1 Å². The van der Waals surface area contributed by atoms with Crippen LogP contribution in [0.25, 0.3) is 10.9 Å². The van der Waals surface area contributed by atoms with E-state index < -0.39 is 5.97 Å². The van der Waals surface area contributed by atoms with Gasteiger partial charge in [-0.15, -0.1) is 0 Å². The van der Waals surface area contributed by atoms with Crippen LogP contribution in [0.1, 0.15) is 34.6 Å². The van der Waals surface area contributed by atoms with Gasteiger partial charge in [-0.3, -0.25) is 4.79 Å². The summed E-state index contributed by atoms with van der Waals surface area (Å²) in [6, 6.07) is 12.0. The van der Waals surface area contributed by atoms with E-state index in [-0.39, 0.29) is 17.6 Å². The summed E-state index contributed by atoms with van der Waals surface area (Å²) in [5, 5.41) is 12.9. The third-order valence-corrected chi connectivity index (χ3v) is 4.41. The minimum absolute atomic E-state index is 0.0685. The quantitative estimate of drug-likeness (QED) is 0.600. The van der Waals surface area contributed by atoms with Gasteiger partial charge in [0.1, 0.15) is 5.75 Å². The number of methoxy groups -OCH3 is 1. The van der Waals surface area contributed by atoms with Gasteiger partial charge in [0.25, 0.3) is 5.91 Å². The van der Waals surface area contributed by atoms with Gasteiger partial charge in [-0.2, -0.15) is 0 Å². The molecule has 1 aromatic heterocycles. The van der Waals surface area contributed by atoms with Crippen molar-refractivity contribution in [1.82, 2.24) is 4.57 Å². The van der Waals surface area contributed by atoms with E-state index in [1.807, 2.05) is 42.7 Å². The molecular weight excluding hydrogens is 372 g/mol. The molecule has 0 atom stereocenters. The highest BCUT2D eigenvalue weighted by molar-refractivity contribution is 6.13. The van der Waals surface area contributed by atoms with E-state index in [0.29, 0.717) is 30.2 Å². The number of hydrogen-bond donors (Lipinski definition) is 2. The summed E-state index contributed by atoms with van der Waals surface area (Å²) < 4.78 is 12.9. The second-order valence-corrected chi connectivity index (χ2v) is 6.88. The molecule has 0 saturated carbocycles. The van der Waals surface area contributed by atoms with Crippen molar-refractivity contribution in [2.75, 3.05) is 19.0 Å². The largest absolute Gasteiger partial charge is 0.489 e. The number of aromatic carboxylic acids is 1. The van der Waals surface area contributed by atoms with Crippen LogP contribution < -0.4 is 10.1 Å². The monoisotopic (exact) mass is 396 g/mol. The lowest BCUT2D eigenvalue weighted by atomic mass is 10.1. The molecule has 7 nitrogen and oxygen atoms in total. The van der Waals surface area contributed by atoms with Gasteiger partial charge >= 0.3 is 5.97 Å². The first kappa shape index (κ1) is 20.4. The molecule has 0 spiro atoms. The summed E-state index contributed by atoms with van der Waals surface area (Å²) in [6.45, 7) is 4.85.